The molecule has 1 aliphatic carbocycles. The predicted octanol–water partition coefficient (Wildman–Crippen LogP) is -3.62. The molecule has 1 fully saturated rings. The van der Waals surface area contributed by atoms with Gasteiger partial charge in [0.15, 0.2) is 0 Å². The summed E-state index contributed by atoms with van der Waals surface area (Å²) in [6.07, 6.45) is -4.13. The largest absolute Gasteiger partial charge is 0.480 e. The number of halogens is 3. The molecule has 0 bridgehead atoms. The average molecular weight is 447 g/mol. The van der Waals surface area contributed by atoms with Crippen LogP contribution >= 0.6 is 37.2 Å². The summed E-state index contributed by atoms with van der Waals surface area (Å²) >= 11 is 0. The molecule has 1 aliphatic rings. The first-order chi connectivity index (χ1) is 10.8. The Morgan fingerprint density at radius 3 is 1.27 bits per heavy atom. The molecule has 14 heteroatoms. The quantitative estimate of drug-likeness (QED) is 0.170. The maximum absolute atomic E-state index is 10.7. The second-order valence-corrected chi connectivity index (χ2v) is 5.28. The van der Waals surface area contributed by atoms with Crippen LogP contribution in [0.2, 0.25) is 0 Å². The number of aliphatic hydroxyl groups is 4. The maximum atomic E-state index is 10.7. The summed E-state index contributed by atoms with van der Waals surface area (Å²) in [7, 11) is 0. The van der Waals surface area contributed by atoms with Gasteiger partial charge in [-0.25, -0.2) is 0 Å². The molecule has 0 heterocycles. The molecule has 0 aliphatic heterocycles. The molecule has 6 atom stereocenters. The summed E-state index contributed by atoms with van der Waals surface area (Å²) in [6.45, 7) is -1.29. The van der Waals surface area contributed by atoms with Crippen molar-refractivity contribution in [1.82, 2.24) is 16.0 Å². The number of carboxylic acids is 2. The highest BCUT2D eigenvalue weighted by molar-refractivity contribution is 5.86. The van der Waals surface area contributed by atoms with E-state index in [4.69, 9.17) is 15.3 Å². The Morgan fingerprint density at radius 1 is 0.692 bits per heavy atom. The lowest BCUT2D eigenvalue weighted by Crippen LogP contribution is -2.74. The minimum absolute atomic E-state index is 0. The van der Waals surface area contributed by atoms with Crippen LogP contribution in [0.15, 0.2) is 0 Å². The topological polar surface area (TPSA) is 192 Å². The van der Waals surface area contributed by atoms with Gasteiger partial charge in [0.25, 0.3) is 0 Å². The number of hydrogen-bond acceptors (Lipinski definition) is 9. The molecular formula is C12H26Cl3N3O8. The van der Waals surface area contributed by atoms with Gasteiger partial charge in [-0.05, 0) is 0 Å². The second kappa shape index (κ2) is 14.6. The molecule has 0 unspecified atom stereocenters. The highest BCUT2D eigenvalue weighted by Gasteiger charge is 2.49. The maximum Gasteiger partial charge on any atom is 0.317 e. The zero-order valence-electron chi connectivity index (χ0n) is 13.5. The molecule has 11 nitrogen and oxygen atoms in total. The molecule has 1 saturated carbocycles. The fourth-order valence-corrected chi connectivity index (χ4v) is 2.64. The van der Waals surface area contributed by atoms with Gasteiger partial charge in [-0.15, -0.1) is 37.2 Å². The van der Waals surface area contributed by atoms with Crippen molar-refractivity contribution in [2.75, 3.05) is 26.2 Å². The highest BCUT2D eigenvalue weighted by Crippen LogP contribution is 2.21. The number of hydrogen-bond donors (Lipinski definition) is 9. The molecule has 0 aromatic rings. The Bertz CT molecular complexity index is 391. The van der Waals surface area contributed by atoms with Gasteiger partial charge in [-0.1, -0.05) is 0 Å². The lowest BCUT2D eigenvalue weighted by Gasteiger charge is -2.46. The van der Waals surface area contributed by atoms with Crippen LogP contribution in [-0.2, 0) is 9.59 Å². The van der Waals surface area contributed by atoms with Crippen LogP contribution in [-0.4, -0.2) is 105 Å². The highest BCUT2D eigenvalue weighted by atomic mass is 35.5. The third kappa shape index (κ3) is 8.48. The van der Waals surface area contributed by atoms with Crippen LogP contribution in [0.5, 0.6) is 0 Å². The number of aliphatic carboxylic acids is 2. The van der Waals surface area contributed by atoms with Gasteiger partial charge in [0.1, 0.15) is 0 Å². The van der Waals surface area contributed by atoms with Gasteiger partial charge in [0.05, 0.1) is 56.1 Å². The van der Waals surface area contributed by atoms with E-state index in [9.17, 15) is 24.9 Å². The van der Waals surface area contributed by atoms with Crippen molar-refractivity contribution in [2.24, 2.45) is 0 Å². The summed E-state index contributed by atoms with van der Waals surface area (Å²) in [4.78, 5) is 21.3. The summed E-state index contributed by atoms with van der Waals surface area (Å²) in [5.74, 6) is -2.41. The van der Waals surface area contributed by atoms with Gasteiger partial charge < -0.3 is 36.0 Å². The predicted molar refractivity (Wildman–Crippen MR) is 97.5 cm³/mol. The van der Waals surface area contributed by atoms with Crippen LogP contribution in [0.1, 0.15) is 0 Å². The summed E-state index contributed by atoms with van der Waals surface area (Å²) in [5.41, 5.74) is 0. The van der Waals surface area contributed by atoms with Crippen molar-refractivity contribution in [1.29, 1.82) is 0 Å². The van der Waals surface area contributed by atoms with E-state index in [2.05, 4.69) is 16.0 Å². The molecule has 0 saturated heterocycles. The normalized spacial score (nSPS) is 30.3. The van der Waals surface area contributed by atoms with Crippen LogP contribution in [0.3, 0.4) is 0 Å². The van der Waals surface area contributed by atoms with Crippen molar-refractivity contribution >= 4 is 49.2 Å². The molecule has 1 rings (SSSR count). The van der Waals surface area contributed by atoms with Crippen molar-refractivity contribution in [3.05, 3.63) is 0 Å². The number of carbonyl (C=O) groups is 2. The Hall–Kier alpha value is -0.470. The van der Waals surface area contributed by atoms with Gasteiger partial charge in [0, 0.05) is 6.54 Å². The Morgan fingerprint density at radius 2 is 1.00 bits per heavy atom. The first kappa shape index (κ1) is 30.3. The minimum atomic E-state index is -1.43. The molecule has 158 valence electrons. The fraction of sp³-hybridized carbons (Fsp3) is 0.833. The molecule has 0 aromatic carbocycles. The summed E-state index contributed by atoms with van der Waals surface area (Å²) in [6, 6.07) is -3.22. The minimum Gasteiger partial charge on any atom is -0.480 e. The van der Waals surface area contributed by atoms with Gasteiger partial charge in [0.2, 0.25) is 0 Å². The molecule has 26 heavy (non-hydrogen) atoms. The zero-order valence-corrected chi connectivity index (χ0v) is 16.0. The summed E-state index contributed by atoms with van der Waals surface area (Å²) in [5, 5.41) is 64.6. The molecule has 0 radical (unpaired) electrons. The van der Waals surface area contributed by atoms with E-state index in [1.54, 1.807) is 0 Å². The van der Waals surface area contributed by atoms with Crippen molar-refractivity contribution in [3.63, 3.8) is 0 Å². The Labute approximate surface area is 168 Å². The molecule has 0 aromatic heterocycles. The van der Waals surface area contributed by atoms with E-state index in [1.807, 2.05) is 0 Å². The van der Waals surface area contributed by atoms with Crippen molar-refractivity contribution in [2.45, 2.75) is 36.4 Å². The zero-order chi connectivity index (χ0) is 17.6. The SMILES string of the molecule is Cl.Cl.Cl.O=C(O)CN[C@@H]1[C@H](O)[C@H](NCC(=O)O)[C@H](O)[C@H](NCCO)[C@@H]1O. The first-order valence-corrected chi connectivity index (χ1v) is 7.08. The molecule has 9 N–H and O–H groups in total. The third-order valence-corrected chi connectivity index (χ3v) is 3.68. The lowest BCUT2D eigenvalue weighted by molar-refractivity contribution is -0.138. The van der Waals surface area contributed by atoms with E-state index in [0.717, 1.165) is 0 Å². The first-order valence-electron chi connectivity index (χ1n) is 7.08. The van der Waals surface area contributed by atoms with E-state index in [0.29, 0.717) is 0 Å². The number of nitrogens with one attached hydrogen (secondary N) is 3. The number of carboxylic acid groups (broad SMARTS) is 2. The fourth-order valence-electron chi connectivity index (χ4n) is 2.64. The standard InChI is InChI=1S/C12H23N3O8.3ClH/c16-2-1-13-7-10(21)8(14-3-5(17)18)12(23)9(11(7)22)15-4-6(19)20;;;/h7-16,21-23H,1-4H2,(H,17,18)(H,19,20);3*1H/t7-,8+,9-,10+,11-,12+;;;. The second-order valence-electron chi connectivity index (χ2n) is 5.28. The molecule has 0 spiro atoms. The Kier molecular flexibility index (Phi) is 17.0. The number of rotatable bonds is 9. The third-order valence-electron chi connectivity index (χ3n) is 3.68. The Balaban J connectivity index is -0.00000176. The van der Waals surface area contributed by atoms with Crippen LogP contribution in [0.25, 0.3) is 0 Å². The van der Waals surface area contributed by atoms with E-state index >= 15 is 0 Å². The lowest BCUT2D eigenvalue weighted by atomic mass is 9.79. The van der Waals surface area contributed by atoms with E-state index in [1.165, 1.54) is 0 Å². The van der Waals surface area contributed by atoms with Gasteiger partial charge >= 0.3 is 11.9 Å². The smallest absolute Gasteiger partial charge is 0.317 e. The van der Waals surface area contributed by atoms with Gasteiger partial charge in [-0.2, -0.15) is 0 Å². The summed E-state index contributed by atoms with van der Waals surface area (Å²) < 4.78 is 0. The van der Waals surface area contributed by atoms with Crippen molar-refractivity contribution < 1.29 is 40.2 Å². The van der Waals surface area contributed by atoms with E-state index < -0.39 is 61.5 Å². The molecule has 0 amide bonds. The van der Waals surface area contributed by atoms with Crippen LogP contribution < -0.4 is 16.0 Å². The van der Waals surface area contributed by atoms with Gasteiger partial charge in [-0.3, -0.25) is 20.2 Å². The molecular weight excluding hydrogens is 421 g/mol. The number of aliphatic hydroxyl groups excluding tert-OH is 4. The van der Waals surface area contributed by atoms with Crippen LogP contribution in [0.4, 0.5) is 0 Å². The monoisotopic (exact) mass is 445 g/mol. The van der Waals surface area contributed by atoms with Crippen molar-refractivity contribution in [3.8, 4) is 0 Å². The van der Waals surface area contributed by atoms with E-state index in [-0.39, 0.29) is 50.4 Å². The van der Waals surface area contributed by atoms with Crippen LogP contribution in [0, 0.1) is 0 Å². The average Bonchev–Trinajstić information content (AvgIpc) is 2.46.